The molecule has 0 saturated carbocycles. The van der Waals surface area contributed by atoms with Crippen molar-refractivity contribution < 1.29 is 9.47 Å². The summed E-state index contributed by atoms with van der Waals surface area (Å²) in [5, 5.41) is 0.363. The summed E-state index contributed by atoms with van der Waals surface area (Å²) in [6.45, 7) is 0.398. The lowest BCUT2D eigenvalue weighted by Gasteiger charge is -2.10. The van der Waals surface area contributed by atoms with Crippen LogP contribution in [-0.2, 0) is 6.61 Å². The maximum Gasteiger partial charge on any atom is 0.171 e. The van der Waals surface area contributed by atoms with Gasteiger partial charge in [0.15, 0.2) is 10.9 Å². The number of hydrogen-bond acceptors (Lipinski definition) is 3. The fourth-order valence-corrected chi connectivity index (χ4v) is 1.63. The molecular weight excluding hydrogens is 238 g/mol. The first-order valence-corrected chi connectivity index (χ1v) is 5.54. The zero-order valence-corrected chi connectivity index (χ0v) is 10.1. The summed E-state index contributed by atoms with van der Waals surface area (Å²) in [6, 6.07) is 11.3. The zero-order chi connectivity index (χ0) is 12.1. The molecule has 0 N–H and O–H groups in total. The Balaban J connectivity index is 2.10. The SMILES string of the molecule is COc1ccccc1COc1cccnc1Cl. The average molecular weight is 250 g/mol. The van der Waals surface area contributed by atoms with Crippen molar-refractivity contribution in [3.63, 3.8) is 0 Å². The molecule has 0 radical (unpaired) electrons. The first kappa shape index (κ1) is 11.7. The minimum Gasteiger partial charge on any atom is -0.496 e. The van der Waals surface area contributed by atoms with Gasteiger partial charge >= 0.3 is 0 Å². The van der Waals surface area contributed by atoms with E-state index >= 15 is 0 Å². The van der Waals surface area contributed by atoms with Crippen molar-refractivity contribution in [3.8, 4) is 11.5 Å². The van der Waals surface area contributed by atoms with Crippen LogP contribution in [-0.4, -0.2) is 12.1 Å². The molecule has 1 aromatic carbocycles. The predicted molar refractivity (Wildman–Crippen MR) is 66.6 cm³/mol. The highest BCUT2D eigenvalue weighted by molar-refractivity contribution is 6.30. The van der Waals surface area contributed by atoms with E-state index in [-0.39, 0.29) is 0 Å². The molecule has 2 rings (SSSR count). The van der Waals surface area contributed by atoms with Gasteiger partial charge in [0.2, 0.25) is 0 Å². The third-order valence-corrected chi connectivity index (χ3v) is 2.58. The number of aromatic nitrogens is 1. The number of ether oxygens (including phenoxy) is 2. The first-order valence-electron chi connectivity index (χ1n) is 5.16. The second-order valence-electron chi connectivity index (χ2n) is 3.39. The molecular formula is C13H12ClNO2. The van der Waals surface area contributed by atoms with Gasteiger partial charge in [-0.25, -0.2) is 4.98 Å². The van der Waals surface area contributed by atoms with Gasteiger partial charge in [-0.05, 0) is 18.2 Å². The standard InChI is InChI=1S/C13H12ClNO2/c1-16-11-6-3-2-5-10(11)9-17-12-7-4-8-15-13(12)14/h2-8H,9H2,1H3. The lowest BCUT2D eigenvalue weighted by Crippen LogP contribution is -1.99. The van der Waals surface area contributed by atoms with E-state index in [9.17, 15) is 0 Å². The molecule has 0 aliphatic carbocycles. The highest BCUT2D eigenvalue weighted by Gasteiger charge is 2.05. The van der Waals surface area contributed by atoms with Crippen molar-refractivity contribution in [1.29, 1.82) is 0 Å². The molecule has 0 bridgehead atoms. The molecule has 1 aromatic heterocycles. The van der Waals surface area contributed by atoms with Crippen molar-refractivity contribution in [3.05, 3.63) is 53.3 Å². The van der Waals surface area contributed by atoms with E-state index in [2.05, 4.69) is 4.98 Å². The monoisotopic (exact) mass is 249 g/mol. The second-order valence-corrected chi connectivity index (χ2v) is 3.75. The van der Waals surface area contributed by atoms with E-state index in [1.165, 1.54) is 0 Å². The molecule has 0 fully saturated rings. The fraction of sp³-hybridized carbons (Fsp3) is 0.154. The Kier molecular flexibility index (Phi) is 3.83. The number of benzene rings is 1. The molecule has 0 unspecified atom stereocenters. The van der Waals surface area contributed by atoms with Gasteiger partial charge in [0.25, 0.3) is 0 Å². The highest BCUT2D eigenvalue weighted by atomic mass is 35.5. The molecule has 88 valence electrons. The molecule has 0 aliphatic rings. The van der Waals surface area contributed by atoms with E-state index in [0.29, 0.717) is 17.5 Å². The Hall–Kier alpha value is -1.74. The van der Waals surface area contributed by atoms with Crippen LogP contribution in [0.1, 0.15) is 5.56 Å². The number of halogens is 1. The third kappa shape index (κ3) is 2.88. The van der Waals surface area contributed by atoms with Crippen molar-refractivity contribution >= 4 is 11.6 Å². The largest absolute Gasteiger partial charge is 0.496 e. The molecule has 0 saturated heterocycles. The highest BCUT2D eigenvalue weighted by Crippen LogP contribution is 2.24. The third-order valence-electron chi connectivity index (χ3n) is 2.30. The van der Waals surface area contributed by atoms with Crippen LogP contribution in [0.15, 0.2) is 42.6 Å². The number of pyridine rings is 1. The summed E-state index contributed by atoms with van der Waals surface area (Å²) in [6.07, 6.45) is 1.62. The van der Waals surface area contributed by atoms with E-state index in [0.717, 1.165) is 11.3 Å². The molecule has 1 heterocycles. The normalized spacial score (nSPS) is 10.0. The molecule has 17 heavy (non-hydrogen) atoms. The van der Waals surface area contributed by atoms with Gasteiger partial charge in [-0.1, -0.05) is 29.8 Å². The van der Waals surface area contributed by atoms with Crippen LogP contribution in [0.5, 0.6) is 11.5 Å². The van der Waals surface area contributed by atoms with Crippen LogP contribution in [0.2, 0.25) is 5.15 Å². The number of rotatable bonds is 4. The summed E-state index contributed by atoms with van der Waals surface area (Å²) in [4.78, 5) is 3.94. The minimum atomic E-state index is 0.363. The molecule has 0 atom stereocenters. The number of hydrogen-bond donors (Lipinski definition) is 0. The lowest BCUT2D eigenvalue weighted by atomic mass is 10.2. The molecule has 0 spiro atoms. The summed E-state index contributed by atoms with van der Waals surface area (Å²) in [7, 11) is 1.63. The molecule has 3 nitrogen and oxygen atoms in total. The average Bonchev–Trinajstić information content (AvgIpc) is 2.38. The Bertz CT molecular complexity index is 502. The van der Waals surface area contributed by atoms with Gasteiger partial charge in [0, 0.05) is 11.8 Å². The van der Waals surface area contributed by atoms with Crippen molar-refractivity contribution in [2.75, 3.05) is 7.11 Å². The van der Waals surface area contributed by atoms with Crippen LogP contribution in [0.25, 0.3) is 0 Å². The molecule has 0 amide bonds. The fourth-order valence-electron chi connectivity index (χ4n) is 1.46. The van der Waals surface area contributed by atoms with E-state index < -0.39 is 0 Å². The Morgan fingerprint density at radius 3 is 2.65 bits per heavy atom. The first-order chi connectivity index (χ1) is 8.31. The van der Waals surface area contributed by atoms with E-state index in [1.54, 1.807) is 25.4 Å². The van der Waals surface area contributed by atoms with Gasteiger partial charge in [0.05, 0.1) is 7.11 Å². The van der Waals surface area contributed by atoms with Crippen molar-refractivity contribution in [1.82, 2.24) is 4.98 Å². The van der Waals surface area contributed by atoms with Crippen LogP contribution in [0.4, 0.5) is 0 Å². The summed E-state index contributed by atoms with van der Waals surface area (Å²) in [5.74, 6) is 1.37. The van der Waals surface area contributed by atoms with Gasteiger partial charge < -0.3 is 9.47 Å². The van der Waals surface area contributed by atoms with Gasteiger partial charge in [-0.15, -0.1) is 0 Å². The summed E-state index contributed by atoms with van der Waals surface area (Å²) in [5.41, 5.74) is 0.968. The Morgan fingerprint density at radius 1 is 1.12 bits per heavy atom. The quantitative estimate of drug-likeness (QED) is 0.779. The van der Waals surface area contributed by atoms with Crippen molar-refractivity contribution in [2.24, 2.45) is 0 Å². The smallest absolute Gasteiger partial charge is 0.171 e. The topological polar surface area (TPSA) is 31.4 Å². The zero-order valence-electron chi connectivity index (χ0n) is 9.39. The van der Waals surface area contributed by atoms with Gasteiger partial charge in [-0.3, -0.25) is 0 Å². The molecule has 0 aliphatic heterocycles. The lowest BCUT2D eigenvalue weighted by molar-refractivity contribution is 0.296. The Labute approximate surface area is 105 Å². The van der Waals surface area contributed by atoms with Crippen LogP contribution >= 0.6 is 11.6 Å². The van der Waals surface area contributed by atoms with Gasteiger partial charge in [-0.2, -0.15) is 0 Å². The number of para-hydroxylation sites is 1. The summed E-state index contributed by atoms with van der Waals surface area (Å²) < 4.78 is 10.8. The van der Waals surface area contributed by atoms with Crippen LogP contribution in [0.3, 0.4) is 0 Å². The molecule has 2 aromatic rings. The number of nitrogens with zero attached hydrogens (tertiary/aromatic N) is 1. The maximum atomic E-state index is 5.90. The Morgan fingerprint density at radius 2 is 1.88 bits per heavy atom. The minimum absolute atomic E-state index is 0.363. The van der Waals surface area contributed by atoms with Gasteiger partial charge in [0.1, 0.15) is 12.4 Å². The maximum absolute atomic E-state index is 5.90. The van der Waals surface area contributed by atoms with Crippen molar-refractivity contribution in [2.45, 2.75) is 6.61 Å². The summed E-state index contributed by atoms with van der Waals surface area (Å²) >= 11 is 5.90. The second kappa shape index (κ2) is 5.55. The molecule has 4 heteroatoms. The van der Waals surface area contributed by atoms with Crippen LogP contribution in [0, 0.1) is 0 Å². The van der Waals surface area contributed by atoms with Crippen LogP contribution < -0.4 is 9.47 Å². The van der Waals surface area contributed by atoms with E-state index in [1.807, 2.05) is 24.3 Å². The predicted octanol–water partition coefficient (Wildman–Crippen LogP) is 3.32. The number of methoxy groups -OCH3 is 1. The van der Waals surface area contributed by atoms with E-state index in [4.69, 9.17) is 21.1 Å².